The van der Waals surface area contributed by atoms with Crippen LogP contribution in [0.5, 0.6) is 28.7 Å². The maximum Gasteiger partial charge on any atom is 0.231 e. The standard InChI is InChI=1S/C36H46O22/c37-6-20-25(39)28(42)31(45)34(55-20)49-10-24-27(41)30(44)33(58-35-32(46)29(43)26(40)21(7-38)56-35)36(57-24)54-16-5-19-18(52-12-53-19)4-14(16)23-9-47-22(8-48-23)13-1-2-15-17(3-13)51-11-50-15/h1-5,20-46H,6-12H2/t20-,21-,22+,23+,24-,25-,26-,27-,28+,29+,30+,31-,32-,33-,34-,35+,36-/m1/s1. The summed E-state index contributed by atoms with van der Waals surface area (Å²) in [7, 11) is 0. The summed E-state index contributed by atoms with van der Waals surface area (Å²) in [4.78, 5) is 0. The van der Waals surface area contributed by atoms with Crippen LogP contribution in [0.2, 0.25) is 0 Å². The molecule has 2 aromatic carbocycles. The summed E-state index contributed by atoms with van der Waals surface area (Å²) in [6.45, 7) is -2.04. The second-order valence-corrected chi connectivity index (χ2v) is 14.5. The predicted molar refractivity (Wildman–Crippen MR) is 182 cm³/mol. The number of rotatable bonds is 11. The molecular formula is C36H46O22. The maximum absolute atomic E-state index is 11.5. The van der Waals surface area contributed by atoms with Crippen molar-refractivity contribution in [1.82, 2.24) is 0 Å². The Morgan fingerprint density at radius 1 is 0.534 bits per heavy atom. The van der Waals surface area contributed by atoms with Crippen LogP contribution in [0.3, 0.4) is 0 Å². The third-order valence-electron chi connectivity index (χ3n) is 10.8. The third-order valence-corrected chi connectivity index (χ3v) is 10.8. The van der Waals surface area contributed by atoms with Crippen molar-refractivity contribution in [2.24, 2.45) is 0 Å². The van der Waals surface area contributed by atoms with E-state index in [0.717, 1.165) is 5.56 Å². The first-order valence-corrected chi connectivity index (χ1v) is 18.6. The van der Waals surface area contributed by atoms with Gasteiger partial charge in [-0.1, -0.05) is 6.07 Å². The minimum absolute atomic E-state index is 0.0162. The number of hydrogen-bond acceptors (Lipinski definition) is 22. The molecule has 6 aliphatic rings. The fraction of sp³-hybridized carbons (Fsp3) is 0.667. The van der Waals surface area contributed by atoms with Gasteiger partial charge in [-0.2, -0.15) is 0 Å². The van der Waals surface area contributed by atoms with Crippen LogP contribution < -0.4 is 23.7 Å². The lowest BCUT2D eigenvalue weighted by molar-refractivity contribution is -0.363. The molecule has 8 rings (SSSR count). The summed E-state index contributed by atoms with van der Waals surface area (Å²) in [6.07, 6.45) is -26.8. The third kappa shape index (κ3) is 8.02. The van der Waals surface area contributed by atoms with Gasteiger partial charge in [0.1, 0.15) is 85.1 Å². The van der Waals surface area contributed by atoms with Crippen LogP contribution in [0, 0.1) is 0 Å². The molecule has 4 fully saturated rings. The molecule has 6 aliphatic heterocycles. The van der Waals surface area contributed by atoms with E-state index < -0.39 is 124 Å². The summed E-state index contributed by atoms with van der Waals surface area (Å²) >= 11 is 0. The Hall–Kier alpha value is -3.24. The highest BCUT2D eigenvalue weighted by molar-refractivity contribution is 5.53. The molecule has 58 heavy (non-hydrogen) atoms. The van der Waals surface area contributed by atoms with E-state index in [0.29, 0.717) is 22.8 Å². The van der Waals surface area contributed by atoms with Crippen molar-refractivity contribution in [3.8, 4) is 28.7 Å². The molecule has 4 saturated heterocycles. The highest BCUT2D eigenvalue weighted by Crippen LogP contribution is 2.45. The number of aliphatic hydroxyl groups excluding tert-OH is 10. The Labute approximate surface area is 329 Å². The molecular weight excluding hydrogens is 784 g/mol. The zero-order valence-corrected chi connectivity index (χ0v) is 30.5. The molecule has 0 aliphatic carbocycles. The highest BCUT2D eigenvalue weighted by Gasteiger charge is 2.53. The molecule has 2 aromatic rings. The molecule has 0 amide bonds. The van der Waals surface area contributed by atoms with Gasteiger partial charge in [-0.05, 0) is 23.8 Å². The van der Waals surface area contributed by atoms with E-state index in [-0.39, 0.29) is 38.3 Å². The van der Waals surface area contributed by atoms with Crippen molar-refractivity contribution in [1.29, 1.82) is 0 Å². The Balaban J connectivity index is 1.05. The molecule has 0 aromatic heterocycles. The summed E-state index contributed by atoms with van der Waals surface area (Å²) in [5.74, 6) is 1.85. The molecule has 10 N–H and O–H groups in total. The minimum atomic E-state index is -1.93. The fourth-order valence-corrected chi connectivity index (χ4v) is 7.42. The van der Waals surface area contributed by atoms with E-state index in [1.807, 2.05) is 6.07 Å². The second-order valence-electron chi connectivity index (χ2n) is 14.5. The second kappa shape index (κ2) is 17.4. The van der Waals surface area contributed by atoms with Gasteiger partial charge in [0.05, 0.1) is 33.0 Å². The van der Waals surface area contributed by atoms with Gasteiger partial charge in [0.25, 0.3) is 0 Å². The molecule has 322 valence electrons. The fourth-order valence-electron chi connectivity index (χ4n) is 7.42. The largest absolute Gasteiger partial charge is 0.461 e. The average molecular weight is 831 g/mol. The van der Waals surface area contributed by atoms with E-state index in [9.17, 15) is 51.1 Å². The van der Waals surface area contributed by atoms with E-state index in [1.165, 1.54) is 6.07 Å². The zero-order chi connectivity index (χ0) is 40.8. The molecule has 6 heterocycles. The van der Waals surface area contributed by atoms with E-state index >= 15 is 0 Å². The van der Waals surface area contributed by atoms with Gasteiger partial charge in [-0.25, -0.2) is 0 Å². The molecule has 22 heteroatoms. The topological polar surface area (TPSA) is 313 Å². The van der Waals surface area contributed by atoms with Gasteiger partial charge in [0.2, 0.25) is 19.9 Å². The first-order chi connectivity index (χ1) is 27.9. The van der Waals surface area contributed by atoms with Gasteiger partial charge >= 0.3 is 0 Å². The predicted octanol–water partition coefficient (Wildman–Crippen LogP) is -4.20. The van der Waals surface area contributed by atoms with Crippen LogP contribution in [0.4, 0.5) is 0 Å². The van der Waals surface area contributed by atoms with Crippen molar-refractivity contribution < 1.29 is 108 Å². The first kappa shape index (κ1) is 41.5. The lowest BCUT2D eigenvalue weighted by Crippen LogP contribution is -2.65. The lowest BCUT2D eigenvalue weighted by Gasteiger charge is -2.46. The van der Waals surface area contributed by atoms with Crippen LogP contribution in [0.1, 0.15) is 23.3 Å². The van der Waals surface area contributed by atoms with Crippen molar-refractivity contribution in [3.05, 3.63) is 41.5 Å². The summed E-state index contributed by atoms with van der Waals surface area (Å²) in [5, 5.41) is 105. The SMILES string of the molecule is OC[C@H]1O[C@@H](OC[C@H]2O[C@@H](Oc3cc4c(cc3[C@@H]3CO[C@H](c5ccc6c(c5)OCO6)CO3)OCO4)[C@H](O[C@@H]3O[C@H](CO)[C@@H](O)[C@H](O)[C@H]3O)[C@@H](O)[C@@H]2O)[C@H](O)[C@@H](O)[C@@H]1O. The van der Waals surface area contributed by atoms with Crippen LogP contribution in [0.25, 0.3) is 0 Å². The highest BCUT2D eigenvalue weighted by atomic mass is 16.8. The maximum atomic E-state index is 11.5. The van der Waals surface area contributed by atoms with Crippen molar-refractivity contribution in [3.63, 3.8) is 0 Å². The van der Waals surface area contributed by atoms with Crippen LogP contribution in [-0.2, 0) is 33.2 Å². The van der Waals surface area contributed by atoms with Gasteiger partial charge in [0.15, 0.2) is 41.7 Å². The van der Waals surface area contributed by atoms with Crippen LogP contribution >= 0.6 is 0 Å². The Kier molecular flexibility index (Phi) is 12.4. The number of hydrogen-bond donors (Lipinski definition) is 10. The molecule has 0 bridgehead atoms. The molecule has 22 nitrogen and oxygen atoms in total. The van der Waals surface area contributed by atoms with E-state index in [4.69, 9.17) is 56.8 Å². The Morgan fingerprint density at radius 2 is 1.09 bits per heavy atom. The molecule has 0 spiro atoms. The number of fused-ring (bicyclic) bond motifs is 2. The first-order valence-electron chi connectivity index (χ1n) is 18.6. The van der Waals surface area contributed by atoms with Gasteiger partial charge in [-0.3, -0.25) is 0 Å². The minimum Gasteiger partial charge on any atom is -0.461 e. The van der Waals surface area contributed by atoms with Crippen molar-refractivity contribution in [2.75, 3.05) is 46.6 Å². The molecule has 17 atom stereocenters. The van der Waals surface area contributed by atoms with Crippen LogP contribution in [0.15, 0.2) is 30.3 Å². The van der Waals surface area contributed by atoms with Gasteiger partial charge in [0, 0.05) is 11.6 Å². The zero-order valence-electron chi connectivity index (χ0n) is 30.5. The van der Waals surface area contributed by atoms with Gasteiger partial charge in [-0.15, -0.1) is 0 Å². The molecule has 0 saturated carbocycles. The Bertz CT molecular complexity index is 1700. The summed E-state index contributed by atoms with van der Waals surface area (Å²) in [6, 6.07) is 8.49. The average Bonchev–Trinajstić information content (AvgIpc) is 3.91. The molecule has 0 unspecified atom stereocenters. The monoisotopic (exact) mass is 830 g/mol. The van der Waals surface area contributed by atoms with Crippen LogP contribution in [-0.4, -0.2) is 190 Å². The number of ether oxygens (including phenoxy) is 12. The normalized spacial score (nSPS) is 41.0. The summed E-state index contributed by atoms with van der Waals surface area (Å²) < 4.78 is 69.6. The van der Waals surface area contributed by atoms with E-state index in [2.05, 4.69) is 0 Å². The van der Waals surface area contributed by atoms with Gasteiger partial charge < -0.3 is 108 Å². The van der Waals surface area contributed by atoms with E-state index in [1.54, 1.807) is 18.2 Å². The number of benzene rings is 2. The summed E-state index contributed by atoms with van der Waals surface area (Å²) in [5.41, 5.74) is 1.16. The van der Waals surface area contributed by atoms with Crippen molar-refractivity contribution in [2.45, 2.75) is 104 Å². The molecule has 0 radical (unpaired) electrons. The Morgan fingerprint density at radius 3 is 1.74 bits per heavy atom. The van der Waals surface area contributed by atoms with Crippen molar-refractivity contribution >= 4 is 0 Å². The number of aliphatic hydroxyl groups is 10. The smallest absolute Gasteiger partial charge is 0.231 e. The quantitative estimate of drug-likeness (QED) is 0.103. The lowest BCUT2D eigenvalue weighted by atomic mass is 9.97.